The molecular weight excluding hydrogens is 408 g/mol. The van der Waals surface area contributed by atoms with Crippen molar-refractivity contribution in [1.82, 2.24) is 0 Å². The molecule has 10 nitrogen and oxygen atoms in total. The summed E-state index contributed by atoms with van der Waals surface area (Å²) in [5, 5.41) is 13.8. The van der Waals surface area contributed by atoms with Crippen LogP contribution in [0.15, 0.2) is 36.4 Å². The Morgan fingerprint density at radius 2 is 1.81 bits per heavy atom. The smallest absolute Gasteiger partial charge is 0.347 e. The molecule has 0 saturated carbocycles. The molecule has 0 radical (unpaired) electrons. The average Bonchev–Trinajstić information content (AvgIpc) is 2.97. The molecule has 1 N–H and O–H groups in total. The van der Waals surface area contributed by atoms with E-state index in [0.29, 0.717) is 25.4 Å². The summed E-state index contributed by atoms with van der Waals surface area (Å²) in [5.41, 5.74) is 0.599. The van der Waals surface area contributed by atoms with Crippen molar-refractivity contribution >= 4 is 23.3 Å². The quantitative estimate of drug-likeness (QED) is 0.404. The number of nitro benzene ring substituents is 1. The van der Waals surface area contributed by atoms with Gasteiger partial charge in [0.05, 0.1) is 24.2 Å². The van der Waals surface area contributed by atoms with E-state index in [1.54, 1.807) is 12.1 Å². The second kappa shape index (κ2) is 9.79. The van der Waals surface area contributed by atoms with Gasteiger partial charge in [-0.2, -0.15) is 0 Å². The standard InChI is InChI=1S/C21H22N2O8/c1-13-4-6-15(7-5-13)31-14(2)21(25)30-12-20(24)22-16-10-18-19(11-17(16)23(26)27)29-9-3-8-28-18/h4-7,10-11,14H,3,8-9,12H2,1-2H3,(H,22,24). The summed E-state index contributed by atoms with van der Waals surface area (Å²) in [7, 11) is 0. The highest BCUT2D eigenvalue weighted by Crippen LogP contribution is 2.39. The number of nitro groups is 1. The predicted molar refractivity (Wildman–Crippen MR) is 110 cm³/mol. The number of rotatable bonds is 7. The molecule has 1 aliphatic rings. The van der Waals surface area contributed by atoms with Crippen molar-refractivity contribution in [2.45, 2.75) is 26.4 Å². The van der Waals surface area contributed by atoms with Gasteiger partial charge in [-0.05, 0) is 26.0 Å². The first-order valence-corrected chi connectivity index (χ1v) is 9.61. The number of hydrogen-bond donors (Lipinski definition) is 1. The van der Waals surface area contributed by atoms with E-state index in [4.69, 9.17) is 18.9 Å². The lowest BCUT2D eigenvalue weighted by molar-refractivity contribution is -0.384. The molecule has 3 rings (SSSR count). The topological polar surface area (TPSA) is 126 Å². The number of ether oxygens (including phenoxy) is 4. The van der Waals surface area contributed by atoms with Gasteiger partial charge in [0.2, 0.25) is 0 Å². The van der Waals surface area contributed by atoms with Crippen LogP contribution in [0.3, 0.4) is 0 Å². The number of esters is 1. The second-order valence-electron chi connectivity index (χ2n) is 6.85. The van der Waals surface area contributed by atoms with Crippen LogP contribution < -0.4 is 19.5 Å². The van der Waals surface area contributed by atoms with Gasteiger partial charge in [0, 0.05) is 12.5 Å². The first kappa shape index (κ1) is 21.9. The molecule has 0 fully saturated rings. The van der Waals surface area contributed by atoms with Gasteiger partial charge in [-0.15, -0.1) is 0 Å². The Labute approximate surface area is 178 Å². The van der Waals surface area contributed by atoms with E-state index in [9.17, 15) is 19.7 Å². The van der Waals surface area contributed by atoms with E-state index < -0.39 is 29.5 Å². The van der Waals surface area contributed by atoms with E-state index in [1.165, 1.54) is 19.1 Å². The van der Waals surface area contributed by atoms with Crippen LogP contribution in [-0.2, 0) is 14.3 Å². The first-order chi connectivity index (χ1) is 14.8. The van der Waals surface area contributed by atoms with Crippen molar-refractivity contribution < 1.29 is 33.5 Å². The summed E-state index contributed by atoms with van der Waals surface area (Å²) in [6.45, 7) is 3.54. The molecule has 0 aliphatic carbocycles. The summed E-state index contributed by atoms with van der Waals surface area (Å²) in [5.74, 6) is -0.481. The number of anilines is 1. The fourth-order valence-corrected chi connectivity index (χ4v) is 2.76. The minimum atomic E-state index is -0.942. The van der Waals surface area contributed by atoms with Gasteiger partial charge in [0.25, 0.3) is 11.6 Å². The van der Waals surface area contributed by atoms with Crippen molar-refractivity contribution in [3.05, 3.63) is 52.1 Å². The van der Waals surface area contributed by atoms with Crippen molar-refractivity contribution in [3.63, 3.8) is 0 Å². The second-order valence-corrected chi connectivity index (χ2v) is 6.85. The van der Waals surface area contributed by atoms with Crippen LogP contribution in [0.2, 0.25) is 0 Å². The van der Waals surface area contributed by atoms with E-state index in [-0.39, 0.29) is 22.9 Å². The van der Waals surface area contributed by atoms with Gasteiger partial charge < -0.3 is 24.3 Å². The molecule has 1 aliphatic heterocycles. The fourth-order valence-electron chi connectivity index (χ4n) is 2.76. The number of amides is 1. The molecule has 0 saturated heterocycles. The van der Waals surface area contributed by atoms with Gasteiger partial charge in [-0.1, -0.05) is 17.7 Å². The lowest BCUT2D eigenvalue weighted by Crippen LogP contribution is -2.29. The molecule has 2 aromatic rings. The Bertz CT molecular complexity index is 974. The molecular formula is C21H22N2O8. The van der Waals surface area contributed by atoms with Crippen LogP contribution in [0, 0.1) is 17.0 Å². The molecule has 0 aromatic heterocycles. The van der Waals surface area contributed by atoms with E-state index >= 15 is 0 Å². The third-order valence-corrected chi connectivity index (χ3v) is 4.35. The Hall–Kier alpha value is -3.82. The van der Waals surface area contributed by atoms with Gasteiger partial charge in [-0.25, -0.2) is 4.79 Å². The minimum Gasteiger partial charge on any atom is -0.489 e. The van der Waals surface area contributed by atoms with Crippen LogP contribution in [0.5, 0.6) is 17.2 Å². The molecule has 1 heterocycles. The van der Waals surface area contributed by atoms with Gasteiger partial charge in [0.1, 0.15) is 11.4 Å². The Balaban J connectivity index is 1.59. The predicted octanol–water partition coefficient (Wildman–Crippen LogP) is 3.01. The van der Waals surface area contributed by atoms with Crippen molar-refractivity contribution in [2.75, 3.05) is 25.1 Å². The highest BCUT2D eigenvalue weighted by molar-refractivity contribution is 5.95. The number of carbonyl (C=O) groups excluding carboxylic acids is 2. The van der Waals surface area contributed by atoms with Crippen molar-refractivity contribution in [1.29, 1.82) is 0 Å². The molecule has 2 aromatic carbocycles. The van der Waals surface area contributed by atoms with Gasteiger partial charge >= 0.3 is 5.97 Å². The van der Waals surface area contributed by atoms with Gasteiger partial charge in [-0.3, -0.25) is 14.9 Å². The maximum atomic E-state index is 12.2. The van der Waals surface area contributed by atoms with Crippen LogP contribution in [0.1, 0.15) is 18.9 Å². The molecule has 1 atom stereocenters. The first-order valence-electron chi connectivity index (χ1n) is 9.61. The number of carbonyl (C=O) groups is 2. The SMILES string of the molecule is Cc1ccc(OC(C)C(=O)OCC(=O)Nc2cc3c(cc2[N+](=O)[O-])OCCCO3)cc1. The molecule has 31 heavy (non-hydrogen) atoms. The number of benzene rings is 2. The maximum absolute atomic E-state index is 12.2. The zero-order valence-electron chi connectivity index (χ0n) is 17.1. The van der Waals surface area contributed by atoms with Crippen molar-refractivity contribution in [3.8, 4) is 17.2 Å². The molecule has 10 heteroatoms. The largest absolute Gasteiger partial charge is 0.489 e. The lowest BCUT2D eigenvalue weighted by Gasteiger charge is -2.14. The summed E-state index contributed by atoms with van der Waals surface area (Å²) in [6.07, 6.45) is -0.314. The minimum absolute atomic E-state index is 0.0840. The van der Waals surface area contributed by atoms with Crippen LogP contribution in [0.4, 0.5) is 11.4 Å². The van der Waals surface area contributed by atoms with E-state index in [2.05, 4.69) is 5.32 Å². The Kier molecular flexibility index (Phi) is 6.91. The average molecular weight is 430 g/mol. The molecule has 0 bridgehead atoms. The molecule has 1 unspecified atom stereocenters. The summed E-state index contributed by atoms with van der Waals surface area (Å²) < 4.78 is 21.4. The number of fused-ring (bicyclic) bond motifs is 1. The Morgan fingerprint density at radius 3 is 2.45 bits per heavy atom. The third kappa shape index (κ3) is 5.84. The van der Waals surface area contributed by atoms with Gasteiger partial charge in [0.15, 0.2) is 24.2 Å². The number of nitrogens with one attached hydrogen (secondary N) is 1. The molecule has 0 spiro atoms. The Morgan fingerprint density at radius 1 is 1.16 bits per heavy atom. The monoisotopic (exact) mass is 430 g/mol. The highest BCUT2D eigenvalue weighted by Gasteiger charge is 2.24. The molecule has 164 valence electrons. The lowest BCUT2D eigenvalue weighted by atomic mass is 10.2. The summed E-state index contributed by atoms with van der Waals surface area (Å²) in [4.78, 5) is 35.1. The van der Waals surface area contributed by atoms with Crippen LogP contribution in [0.25, 0.3) is 0 Å². The molecule has 1 amide bonds. The summed E-state index contributed by atoms with van der Waals surface area (Å²) >= 11 is 0. The van der Waals surface area contributed by atoms with Crippen molar-refractivity contribution in [2.24, 2.45) is 0 Å². The third-order valence-electron chi connectivity index (χ3n) is 4.35. The van der Waals surface area contributed by atoms with E-state index in [0.717, 1.165) is 5.56 Å². The number of hydrogen-bond acceptors (Lipinski definition) is 8. The number of nitrogens with zero attached hydrogens (tertiary/aromatic N) is 1. The zero-order chi connectivity index (χ0) is 22.4. The normalized spacial score (nSPS) is 13.5. The zero-order valence-corrected chi connectivity index (χ0v) is 17.1. The summed E-state index contributed by atoms with van der Waals surface area (Å²) in [6, 6.07) is 9.62. The fraction of sp³-hybridized carbons (Fsp3) is 0.333. The van der Waals surface area contributed by atoms with Crippen LogP contribution >= 0.6 is 0 Å². The van der Waals surface area contributed by atoms with E-state index in [1.807, 2.05) is 19.1 Å². The maximum Gasteiger partial charge on any atom is 0.347 e. The van der Waals surface area contributed by atoms with Crippen LogP contribution in [-0.4, -0.2) is 42.7 Å². The number of aryl methyl sites for hydroxylation is 1. The highest BCUT2D eigenvalue weighted by atomic mass is 16.6.